The maximum absolute atomic E-state index is 13.8. The normalized spacial score (nSPS) is 18.9. The molecule has 1 saturated heterocycles. The Labute approximate surface area is 237 Å². The van der Waals surface area contributed by atoms with E-state index in [1.54, 1.807) is 6.08 Å². The molecule has 2 aliphatic rings. The van der Waals surface area contributed by atoms with Crippen LogP contribution in [-0.2, 0) is 39.9 Å². The molecule has 0 spiro atoms. The van der Waals surface area contributed by atoms with Gasteiger partial charge in [-0.1, -0.05) is 25.3 Å². The number of amides is 3. The summed E-state index contributed by atoms with van der Waals surface area (Å²) in [4.78, 5) is 64.3. The van der Waals surface area contributed by atoms with Crippen molar-refractivity contribution >= 4 is 29.7 Å². The van der Waals surface area contributed by atoms with Crippen molar-refractivity contribution < 1.29 is 42.2 Å². The first kappa shape index (κ1) is 31.7. The minimum atomic E-state index is -1.44. The van der Waals surface area contributed by atoms with Gasteiger partial charge in [-0.15, -0.1) is 0 Å². The fraction of sp³-hybridized carbons (Fsp3) is 0.552. The summed E-state index contributed by atoms with van der Waals surface area (Å²) in [5, 5.41) is 4.96. The van der Waals surface area contributed by atoms with E-state index in [4.69, 9.17) is 9.47 Å². The summed E-state index contributed by atoms with van der Waals surface area (Å²) in [6.07, 6.45) is 9.07. The van der Waals surface area contributed by atoms with Crippen molar-refractivity contribution in [2.75, 3.05) is 20.3 Å². The Balaban J connectivity index is 1.71. The van der Waals surface area contributed by atoms with Gasteiger partial charge in [-0.3, -0.25) is 14.4 Å². The van der Waals surface area contributed by atoms with Crippen molar-refractivity contribution in [1.82, 2.24) is 15.5 Å². The van der Waals surface area contributed by atoms with Crippen LogP contribution in [-0.4, -0.2) is 72.9 Å². The van der Waals surface area contributed by atoms with Crippen LogP contribution in [0, 0.1) is 17.6 Å². The summed E-state index contributed by atoms with van der Waals surface area (Å²) < 4.78 is 37.7. The Kier molecular flexibility index (Phi) is 11.8. The van der Waals surface area contributed by atoms with Crippen LogP contribution in [0.5, 0.6) is 0 Å². The highest BCUT2D eigenvalue weighted by atomic mass is 19.1. The van der Waals surface area contributed by atoms with Gasteiger partial charge in [0.15, 0.2) is 6.04 Å². The Bertz CT molecular complexity index is 1130. The van der Waals surface area contributed by atoms with Crippen LogP contribution in [0.1, 0.15) is 57.4 Å². The fourth-order valence-corrected chi connectivity index (χ4v) is 5.18. The molecule has 10 nitrogen and oxygen atoms in total. The van der Waals surface area contributed by atoms with Gasteiger partial charge in [0, 0.05) is 26.0 Å². The maximum atomic E-state index is 13.8. The third-order valence-electron chi connectivity index (χ3n) is 7.29. The van der Waals surface area contributed by atoms with Crippen LogP contribution < -0.4 is 10.6 Å². The zero-order chi connectivity index (χ0) is 29.9. The number of rotatable bonds is 11. The Morgan fingerprint density at radius 1 is 0.976 bits per heavy atom. The topological polar surface area (TPSA) is 131 Å². The van der Waals surface area contributed by atoms with E-state index in [-0.39, 0.29) is 23.8 Å². The Hall–Kier alpha value is -3.83. The van der Waals surface area contributed by atoms with E-state index in [1.807, 2.05) is 0 Å². The number of nitrogens with zero attached hydrogens (tertiary/aromatic N) is 1. The van der Waals surface area contributed by atoms with Crippen molar-refractivity contribution in [1.29, 1.82) is 0 Å². The third kappa shape index (κ3) is 9.65. The third-order valence-corrected chi connectivity index (χ3v) is 7.29. The number of likely N-dealkylation sites (tertiary alicyclic amines) is 1. The van der Waals surface area contributed by atoms with E-state index in [0.29, 0.717) is 25.5 Å². The van der Waals surface area contributed by atoms with Gasteiger partial charge in [0.2, 0.25) is 17.7 Å². The van der Waals surface area contributed by atoms with E-state index in [9.17, 15) is 32.8 Å². The first-order chi connectivity index (χ1) is 19.6. The molecule has 2 N–H and O–H groups in total. The highest BCUT2D eigenvalue weighted by Gasteiger charge is 2.35. The molecular formula is C29H37F2N3O7. The molecule has 1 aliphatic carbocycles. The second-order valence-corrected chi connectivity index (χ2v) is 10.4. The van der Waals surface area contributed by atoms with Crippen molar-refractivity contribution in [2.45, 2.75) is 76.4 Å². The van der Waals surface area contributed by atoms with Gasteiger partial charge in [-0.25, -0.2) is 18.4 Å². The lowest BCUT2D eigenvalue weighted by atomic mass is 9.89. The SMILES string of the molecule is COC(=O)[C@H](COC(=O)C1CCCN1C(C)=O)NC(=O)[C@H](Cc1cc(F)cc(F)c1)NC(=O)/C=C/C1CCCCC1. The lowest BCUT2D eigenvalue weighted by Gasteiger charge is -2.24. The van der Waals surface area contributed by atoms with Crippen molar-refractivity contribution in [3.8, 4) is 0 Å². The smallest absolute Gasteiger partial charge is 0.331 e. The second-order valence-electron chi connectivity index (χ2n) is 10.4. The van der Waals surface area contributed by atoms with Crippen LogP contribution in [0.15, 0.2) is 30.4 Å². The molecule has 1 heterocycles. The molecule has 224 valence electrons. The first-order valence-corrected chi connectivity index (χ1v) is 13.8. The van der Waals surface area contributed by atoms with Gasteiger partial charge in [0.05, 0.1) is 7.11 Å². The van der Waals surface area contributed by atoms with Gasteiger partial charge < -0.3 is 25.0 Å². The molecule has 41 heavy (non-hydrogen) atoms. The van der Waals surface area contributed by atoms with E-state index in [2.05, 4.69) is 10.6 Å². The largest absolute Gasteiger partial charge is 0.467 e. The van der Waals surface area contributed by atoms with E-state index in [1.165, 1.54) is 17.9 Å². The molecule has 1 unspecified atom stereocenters. The number of esters is 2. The summed E-state index contributed by atoms with van der Waals surface area (Å²) in [5.74, 6) is -4.83. The number of hydrogen-bond acceptors (Lipinski definition) is 7. The summed E-state index contributed by atoms with van der Waals surface area (Å²) in [5.41, 5.74) is 0.103. The average molecular weight is 578 g/mol. The predicted octanol–water partition coefficient (Wildman–Crippen LogP) is 2.34. The lowest BCUT2D eigenvalue weighted by molar-refractivity contribution is -0.157. The minimum Gasteiger partial charge on any atom is -0.467 e. The number of carbonyl (C=O) groups is 5. The molecule has 2 fully saturated rings. The first-order valence-electron chi connectivity index (χ1n) is 13.8. The maximum Gasteiger partial charge on any atom is 0.331 e. The summed E-state index contributed by atoms with van der Waals surface area (Å²) in [6.45, 7) is 1.16. The quantitative estimate of drug-likeness (QED) is 0.305. The zero-order valence-electron chi connectivity index (χ0n) is 23.3. The van der Waals surface area contributed by atoms with Gasteiger partial charge in [-0.05, 0) is 55.4 Å². The summed E-state index contributed by atoms with van der Waals surface area (Å²) in [7, 11) is 1.09. The van der Waals surface area contributed by atoms with Crippen molar-refractivity contribution in [2.24, 2.45) is 5.92 Å². The Morgan fingerprint density at radius 2 is 1.66 bits per heavy atom. The minimum absolute atomic E-state index is 0.103. The second kappa shape index (κ2) is 15.2. The van der Waals surface area contributed by atoms with Gasteiger partial charge in [-0.2, -0.15) is 0 Å². The van der Waals surface area contributed by atoms with Crippen LogP contribution in [0.4, 0.5) is 8.78 Å². The molecular weight excluding hydrogens is 540 g/mol. The van der Waals surface area contributed by atoms with Gasteiger partial charge in [0.25, 0.3) is 0 Å². The van der Waals surface area contributed by atoms with E-state index < -0.39 is 60.1 Å². The van der Waals surface area contributed by atoms with Crippen LogP contribution >= 0.6 is 0 Å². The van der Waals surface area contributed by atoms with Crippen LogP contribution in [0.2, 0.25) is 0 Å². The molecule has 0 radical (unpaired) electrons. The van der Waals surface area contributed by atoms with Gasteiger partial charge >= 0.3 is 11.9 Å². The van der Waals surface area contributed by atoms with Gasteiger partial charge in [0.1, 0.15) is 30.3 Å². The number of carbonyl (C=O) groups excluding carboxylic acids is 5. The standard InChI is InChI=1S/C29H37F2N3O7/c1-18(35)34-12-6-9-25(34)29(39)41-17-24(28(38)40-2)33-27(37)23(15-20-13-21(30)16-22(31)14-20)32-26(36)11-10-19-7-4-3-5-8-19/h10-11,13-14,16,19,23-25H,3-9,12,15,17H2,1-2H3,(H,32,36)(H,33,37)/b11-10+/t23-,24-,25?/m0/s1. The van der Waals surface area contributed by atoms with E-state index >= 15 is 0 Å². The lowest BCUT2D eigenvalue weighted by Crippen LogP contribution is -2.54. The molecule has 0 aromatic heterocycles. The molecule has 1 saturated carbocycles. The predicted molar refractivity (Wildman–Crippen MR) is 143 cm³/mol. The summed E-state index contributed by atoms with van der Waals surface area (Å²) >= 11 is 0. The monoisotopic (exact) mass is 577 g/mol. The van der Waals surface area contributed by atoms with E-state index in [0.717, 1.165) is 51.3 Å². The number of ether oxygens (including phenoxy) is 2. The highest BCUT2D eigenvalue weighted by molar-refractivity contribution is 5.94. The number of nitrogens with one attached hydrogen (secondary N) is 2. The van der Waals surface area contributed by atoms with Crippen LogP contribution in [0.25, 0.3) is 0 Å². The number of hydrogen-bond donors (Lipinski definition) is 2. The molecule has 0 bridgehead atoms. The number of halogens is 2. The van der Waals surface area contributed by atoms with Crippen LogP contribution in [0.3, 0.4) is 0 Å². The fourth-order valence-electron chi connectivity index (χ4n) is 5.18. The average Bonchev–Trinajstić information content (AvgIpc) is 3.44. The molecule has 3 atom stereocenters. The highest BCUT2D eigenvalue weighted by Crippen LogP contribution is 2.24. The molecule has 3 amide bonds. The zero-order valence-corrected chi connectivity index (χ0v) is 23.3. The molecule has 1 aromatic carbocycles. The molecule has 1 aromatic rings. The molecule has 3 rings (SSSR count). The van der Waals surface area contributed by atoms with Crippen molar-refractivity contribution in [3.05, 3.63) is 47.5 Å². The number of benzene rings is 1. The van der Waals surface area contributed by atoms with Crippen molar-refractivity contribution in [3.63, 3.8) is 0 Å². The summed E-state index contributed by atoms with van der Waals surface area (Å²) in [6, 6.07) is -0.809. The molecule has 1 aliphatic heterocycles. The molecule has 12 heteroatoms. The number of methoxy groups -OCH3 is 1. The number of allylic oxidation sites excluding steroid dienone is 1. The Morgan fingerprint density at radius 3 is 2.29 bits per heavy atom.